The molecule has 0 saturated carbocycles. The topological polar surface area (TPSA) is 14.8 Å². The molecule has 3 aliphatic rings. The summed E-state index contributed by atoms with van der Waals surface area (Å²) >= 11 is 0. The van der Waals surface area contributed by atoms with Crippen LogP contribution >= 0.6 is 0 Å². The minimum Gasteiger partial charge on any atom is -0.343 e. The molecule has 0 bridgehead atoms. The van der Waals surface area contributed by atoms with Crippen molar-refractivity contribution < 1.29 is 0 Å². The third-order valence-electron chi connectivity index (χ3n) is 18.7. The Balaban J connectivity index is 0.000000108. The van der Waals surface area contributed by atoms with Crippen molar-refractivity contribution in [1.82, 2.24) is 13.7 Å². The number of aromatic nitrogens is 3. The molecule has 0 N–H and O–H groups in total. The van der Waals surface area contributed by atoms with Gasteiger partial charge in [0.2, 0.25) is 0 Å². The number of aryl methyl sites for hydroxylation is 9. The highest BCUT2D eigenvalue weighted by molar-refractivity contribution is 6.19. The molecule has 15 rings (SSSR count). The zero-order valence-electron chi connectivity index (χ0n) is 46.7. The summed E-state index contributed by atoms with van der Waals surface area (Å²) in [7, 11) is 6.64. The van der Waals surface area contributed by atoms with Gasteiger partial charge in [-0.3, -0.25) is 0 Å². The zero-order chi connectivity index (χ0) is 52.5. The molecule has 0 saturated heterocycles. The molecule has 3 heterocycles. The van der Waals surface area contributed by atoms with Crippen molar-refractivity contribution in [2.45, 2.75) is 99.3 Å². The van der Waals surface area contributed by atoms with Gasteiger partial charge in [-0.2, -0.15) is 0 Å². The van der Waals surface area contributed by atoms with Gasteiger partial charge in [-0.1, -0.05) is 175 Å². The van der Waals surface area contributed by atoms with Gasteiger partial charge in [-0.05, 0) is 154 Å². The van der Waals surface area contributed by atoms with Crippen LogP contribution in [0.3, 0.4) is 0 Å². The summed E-state index contributed by atoms with van der Waals surface area (Å²) in [6, 6.07) is 54.1. The summed E-state index contributed by atoms with van der Waals surface area (Å²) in [5, 5.41) is 8.39. The molecular formula is C72H69N3. The highest BCUT2D eigenvalue weighted by Gasteiger charge is 2.41. The van der Waals surface area contributed by atoms with Gasteiger partial charge in [0.05, 0.1) is 33.1 Å². The quantitative estimate of drug-likeness (QED) is 0.144. The van der Waals surface area contributed by atoms with Crippen molar-refractivity contribution >= 4 is 65.4 Å². The normalized spacial score (nSPS) is 14.9. The van der Waals surface area contributed by atoms with Crippen LogP contribution in [0.15, 0.2) is 146 Å². The summed E-state index contributed by atoms with van der Waals surface area (Å²) in [5.74, 6) is 0. The summed E-state index contributed by atoms with van der Waals surface area (Å²) in [5.41, 5.74) is 33.8. The van der Waals surface area contributed by atoms with Gasteiger partial charge in [-0.15, -0.1) is 0 Å². The predicted molar refractivity (Wildman–Crippen MR) is 322 cm³/mol. The molecule has 0 spiro atoms. The molecule has 0 radical (unpaired) electrons. The van der Waals surface area contributed by atoms with Crippen molar-refractivity contribution in [2.24, 2.45) is 21.1 Å². The van der Waals surface area contributed by atoms with Crippen LogP contribution in [-0.2, 0) is 37.4 Å². The Labute approximate surface area is 443 Å². The third kappa shape index (κ3) is 6.16. The van der Waals surface area contributed by atoms with E-state index in [-0.39, 0.29) is 16.2 Å². The van der Waals surface area contributed by atoms with Gasteiger partial charge in [-0.25, -0.2) is 0 Å². The van der Waals surface area contributed by atoms with E-state index < -0.39 is 0 Å². The van der Waals surface area contributed by atoms with E-state index in [9.17, 15) is 0 Å². The fourth-order valence-corrected chi connectivity index (χ4v) is 15.4. The number of hydrogen-bond donors (Lipinski definition) is 0. The lowest BCUT2D eigenvalue weighted by Gasteiger charge is -2.23. The summed E-state index contributed by atoms with van der Waals surface area (Å²) < 4.78 is 7.18. The maximum atomic E-state index is 2.46. The fraction of sp³-hybridized carbons (Fsp3) is 0.250. The van der Waals surface area contributed by atoms with Crippen LogP contribution in [0.2, 0.25) is 0 Å². The standard InChI is InChI=1S/3C24H23N/c1-14-9-8-11-16-18-13-20-21(15(2)23(18)25(5)22(14)16)17-10-6-7-12-19(17)24(20,3)4;1-14-9-8-11-17-20-21-18(13-15(2)23(20)25(5)22(14)17)16-10-6-7-12-19(16)24(21,3)4;1-14-9-8-11-17-21-20-16-10-6-7-12-18(16)24(3,4)19(20)13-15(2)23(21)25(5)22(14)17/h3*6-13H,1-5H3. The number of hydrogen-bond acceptors (Lipinski definition) is 0. The van der Waals surface area contributed by atoms with Gasteiger partial charge in [0.1, 0.15) is 0 Å². The van der Waals surface area contributed by atoms with Gasteiger partial charge >= 0.3 is 0 Å². The molecule has 75 heavy (non-hydrogen) atoms. The van der Waals surface area contributed by atoms with Crippen LogP contribution in [0.5, 0.6) is 0 Å². The van der Waals surface area contributed by atoms with E-state index in [0.717, 1.165) is 0 Å². The molecule has 0 amide bonds. The maximum Gasteiger partial charge on any atom is 0.0525 e. The van der Waals surface area contributed by atoms with Crippen LogP contribution < -0.4 is 0 Å². The molecule has 3 heteroatoms. The Morgan fingerprint density at radius 1 is 0.293 bits per heavy atom. The molecule has 9 aromatic carbocycles. The zero-order valence-corrected chi connectivity index (χ0v) is 46.7. The second kappa shape index (κ2) is 15.9. The van der Waals surface area contributed by atoms with Gasteiger partial charge in [0, 0.05) is 69.7 Å². The van der Waals surface area contributed by atoms with Crippen molar-refractivity contribution in [3.05, 3.63) is 212 Å². The summed E-state index contributed by atoms with van der Waals surface area (Å²) in [6.45, 7) is 27.7. The first-order chi connectivity index (χ1) is 35.8. The van der Waals surface area contributed by atoms with Gasteiger partial charge in [0.25, 0.3) is 0 Å². The predicted octanol–water partition coefficient (Wildman–Crippen LogP) is 18.8. The second-order valence-electron chi connectivity index (χ2n) is 24.1. The first-order valence-electron chi connectivity index (χ1n) is 27.1. The average molecular weight is 976 g/mol. The van der Waals surface area contributed by atoms with Crippen LogP contribution in [-0.4, -0.2) is 13.7 Å². The Hall–Kier alpha value is -7.62. The highest BCUT2D eigenvalue weighted by atomic mass is 15.0. The third-order valence-corrected chi connectivity index (χ3v) is 18.7. The van der Waals surface area contributed by atoms with Crippen molar-refractivity contribution in [3.8, 4) is 33.4 Å². The Bertz CT molecular complexity index is 4460. The minimum atomic E-state index is 0.0237. The smallest absolute Gasteiger partial charge is 0.0525 e. The fourth-order valence-electron chi connectivity index (χ4n) is 15.4. The molecule has 3 nitrogen and oxygen atoms in total. The lowest BCUT2D eigenvalue weighted by atomic mass is 9.80. The second-order valence-corrected chi connectivity index (χ2v) is 24.1. The molecule has 12 aromatic rings. The maximum absolute atomic E-state index is 2.46. The lowest BCUT2D eigenvalue weighted by Crippen LogP contribution is -2.15. The number of para-hydroxylation sites is 3. The summed E-state index contributed by atoms with van der Waals surface area (Å²) in [4.78, 5) is 0. The molecule has 0 unspecified atom stereocenters. The Morgan fingerprint density at radius 3 is 1.27 bits per heavy atom. The molecule has 372 valence electrons. The molecule has 0 atom stereocenters. The van der Waals surface area contributed by atoms with Crippen LogP contribution in [0, 0.1) is 41.5 Å². The van der Waals surface area contributed by atoms with Crippen LogP contribution in [0.25, 0.3) is 98.8 Å². The van der Waals surface area contributed by atoms with E-state index in [0.29, 0.717) is 0 Å². The van der Waals surface area contributed by atoms with E-state index in [2.05, 4.69) is 264 Å². The summed E-state index contributed by atoms with van der Waals surface area (Å²) in [6.07, 6.45) is 0. The highest BCUT2D eigenvalue weighted by Crippen LogP contribution is 2.56. The molecule has 0 aliphatic heterocycles. The largest absolute Gasteiger partial charge is 0.343 e. The van der Waals surface area contributed by atoms with Gasteiger partial charge in [0.15, 0.2) is 0 Å². The SMILES string of the molecule is Cc1cccc2c3c4c(cc(C)c3n(C)c12)-c1ccccc1C4(C)C.Cc1cccc2c3c4c(cc(C)c3n(C)c12)C(C)(C)c1ccccc1-4.Cc1cccc2c3cc4c(c(C)c3n(C)c12)-c1ccccc1C4(C)C. The van der Waals surface area contributed by atoms with Gasteiger partial charge < -0.3 is 13.7 Å². The average Bonchev–Trinajstić information content (AvgIpc) is 4.18. The van der Waals surface area contributed by atoms with E-state index >= 15 is 0 Å². The number of benzene rings is 9. The van der Waals surface area contributed by atoms with E-state index in [4.69, 9.17) is 0 Å². The minimum absolute atomic E-state index is 0.0237. The first kappa shape index (κ1) is 47.1. The Kier molecular flexibility index (Phi) is 10.0. The number of rotatable bonds is 0. The lowest BCUT2D eigenvalue weighted by molar-refractivity contribution is 0.660. The number of nitrogens with zero attached hydrogens (tertiary/aromatic N) is 3. The Morgan fingerprint density at radius 2 is 0.707 bits per heavy atom. The van der Waals surface area contributed by atoms with Crippen molar-refractivity contribution in [3.63, 3.8) is 0 Å². The molecular weight excluding hydrogens is 907 g/mol. The molecule has 3 aliphatic carbocycles. The van der Waals surface area contributed by atoms with Crippen LogP contribution in [0.4, 0.5) is 0 Å². The van der Waals surface area contributed by atoms with Crippen molar-refractivity contribution in [1.29, 1.82) is 0 Å². The van der Waals surface area contributed by atoms with E-state index in [1.807, 2.05) is 0 Å². The molecule has 0 fully saturated rings. The molecule has 3 aromatic heterocycles. The number of fused-ring (bicyclic) bond motifs is 20. The van der Waals surface area contributed by atoms with Crippen molar-refractivity contribution in [2.75, 3.05) is 0 Å². The van der Waals surface area contributed by atoms with E-state index in [1.165, 1.54) is 166 Å². The monoisotopic (exact) mass is 976 g/mol. The first-order valence-corrected chi connectivity index (χ1v) is 27.1. The van der Waals surface area contributed by atoms with Crippen LogP contribution in [0.1, 0.15) is 108 Å². The van der Waals surface area contributed by atoms with E-state index in [1.54, 1.807) is 0 Å².